The van der Waals surface area contributed by atoms with Gasteiger partial charge in [0.25, 0.3) is 5.91 Å². The number of nitriles is 1. The van der Waals surface area contributed by atoms with Gasteiger partial charge in [-0.1, -0.05) is 31.1 Å². The van der Waals surface area contributed by atoms with Crippen LogP contribution in [0.3, 0.4) is 0 Å². The molecule has 16 heteroatoms. The number of allylic oxidation sites excluding steroid dienone is 1. The number of nitrogens with zero attached hydrogens (tertiary/aromatic N) is 3. The standard InChI is InChI=1S/C36H46N6O9S/c1-35(2,3)51-33(46)38-28-10-8-6-4-5-7-9-25-17-36(25,32(45)40-52(48,49)27-13-14-27)39-30(43)29-16-26(21-42(29)31(28)44)50-34(47)41-19-23-12-11-22(18-37)15-24(23)20-41/h7,9,11-12,15,25-29H,4-6,8,10,13-14,16-17,19-21H2,1-3H3,(H,38,46)(H,39,43)(H,40,45)/b9-7-/t25-,26+,28-,29-,36+/m0/s1. The number of hydrogen-bond acceptors (Lipinski definition) is 10. The summed E-state index contributed by atoms with van der Waals surface area (Å²) in [5.74, 6) is -2.57. The maximum Gasteiger partial charge on any atom is 0.410 e. The summed E-state index contributed by atoms with van der Waals surface area (Å²) in [4.78, 5) is 71.2. The smallest absolute Gasteiger partial charge is 0.410 e. The fourth-order valence-electron chi connectivity index (χ4n) is 7.11. The van der Waals surface area contributed by atoms with Crippen molar-refractivity contribution in [3.05, 3.63) is 47.0 Å². The number of fused-ring (bicyclic) bond motifs is 3. The van der Waals surface area contributed by atoms with Gasteiger partial charge in [-0.3, -0.25) is 24.0 Å². The molecule has 0 spiro atoms. The van der Waals surface area contributed by atoms with Crippen LogP contribution in [-0.2, 0) is 47.0 Å². The van der Waals surface area contributed by atoms with Gasteiger partial charge in [0.1, 0.15) is 29.3 Å². The Morgan fingerprint density at radius 3 is 2.52 bits per heavy atom. The summed E-state index contributed by atoms with van der Waals surface area (Å²) >= 11 is 0. The Hall–Kier alpha value is -4.65. The van der Waals surface area contributed by atoms with Crippen LogP contribution in [0.25, 0.3) is 0 Å². The number of alkyl carbamates (subject to hydrolysis) is 1. The Morgan fingerprint density at radius 2 is 1.81 bits per heavy atom. The fraction of sp³-hybridized carbons (Fsp3) is 0.611. The van der Waals surface area contributed by atoms with Crippen LogP contribution in [0.1, 0.15) is 95.2 Å². The maximum atomic E-state index is 14.3. The van der Waals surface area contributed by atoms with E-state index < -0.39 is 80.4 Å². The Balaban J connectivity index is 1.24. The van der Waals surface area contributed by atoms with Gasteiger partial charge < -0.3 is 25.0 Å². The molecule has 3 fully saturated rings. The molecule has 2 saturated carbocycles. The van der Waals surface area contributed by atoms with Crippen molar-refractivity contribution in [1.82, 2.24) is 25.2 Å². The first-order valence-corrected chi connectivity index (χ1v) is 19.5. The lowest BCUT2D eigenvalue weighted by Crippen LogP contribution is -2.58. The summed E-state index contributed by atoms with van der Waals surface area (Å²) in [5, 5.41) is 14.1. The SMILES string of the molecule is CC(C)(C)OC(=O)N[C@H]1CCCCC/C=C\[C@H]2C[C@@]2(C(=O)NS(=O)(=O)C2CC2)NC(=O)[C@@H]2C[C@@H](OC(=O)N3Cc4ccc(C#N)cc4C3)CN2C1=O. The van der Waals surface area contributed by atoms with Crippen molar-refractivity contribution >= 4 is 39.9 Å². The minimum atomic E-state index is -3.91. The third-order valence-corrected chi connectivity index (χ3v) is 11.9. The summed E-state index contributed by atoms with van der Waals surface area (Å²) in [6.45, 7) is 5.43. The molecule has 0 aromatic heterocycles. The zero-order valence-corrected chi connectivity index (χ0v) is 30.5. The van der Waals surface area contributed by atoms with Crippen molar-refractivity contribution in [2.24, 2.45) is 5.92 Å². The molecule has 3 N–H and O–H groups in total. The number of rotatable bonds is 5. The lowest BCUT2D eigenvalue weighted by atomic mass is 10.0. The lowest BCUT2D eigenvalue weighted by Gasteiger charge is -2.30. The van der Waals surface area contributed by atoms with Crippen molar-refractivity contribution in [2.75, 3.05) is 6.54 Å². The van der Waals surface area contributed by atoms with E-state index in [1.54, 1.807) is 39.0 Å². The second-order valence-corrected chi connectivity index (χ2v) is 17.4. The first-order valence-electron chi connectivity index (χ1n) is 17.9. The second-order valence-electron chi connectivity index (χ2n) is 15.4. The van der Waals surface area contributed by atoms with Gasteiger partial charge >= 0.3 is 12.2 Å². The van der Waals surface area contributed by atoms with Gasteiger partial charge in [0.05, 0.1) is 23.4 Å². The van der Waals surface area contributed by atoms with Gasteiger partial charge in [-0.15, -0.1) is 0 Å². The number of hydrogen-bond donors (Lipinski definition) is 3. The van der Waals surface area contributed by atoms with E-state index in [9.17, 15) is 37.7 Å². The molecule has 6 rings (SSSR count). The van der Waals surface area contributed by atoms with Crippen LogP contribution in [-0.4, -0.2) is 89.2 Å². The Labute approximate surface area is 303 Å². The summed E-state index contributed by atoms with van der Waals surface area (Å²) in [5.41, 5.74) is -0.208. The first-order chi connectivity index (χ1) is 24.6. The molecule has 3 aliphatic heterocycles. The van der Waals surface area contributed by atoms with Crippen LogP contribution in [0.4, 0.5) is 9.59 Å². The van der Waals surface area contributed by atoms with E-state index >= 15 is 0 Å². The van der Waals surface area contributed by atoms with Gasteiger partial charge in [0, 0.05) is 25.4 Å². The molecule has 0 unspecified atom stereocenters. The molecule has 1 aromatic rings. The first kappa shape index (κ1) is 37.1. The normalized spacial score (nSPS) is 28.4. The van der Waals surface area contributed by atoms with E-state index in [4.69, 9.17) is 9.47 Å². The minimum absolute atomic E-state index is 0.0968. The molecule has 5 amide bonds. The molecule has 52 heavy (non-hydrogen) atoms. The fourth-order valence-corrected chi connectivity index (χ4v) is 8.47. The van der Waals surface area contributed by atoms with Gasteiger partial charge in [-0.25, -0.2) is 18.0 Å². The van der Waals surface area contributed by atoms with Crippen molar-refractivity contribution in [2.45, 2.75) is 126 Å². The molecule has 15 nitrogen and oxygen atoms in total. The van der Waals surface area contributed by atoms with Crippen LogP contribution >= 0.6 is 0 Å². The molecule has 5 aliphatic rings. The zero-order chi connectivity index (χ0) is 37.4. The highest BCUT2D eigenvalue weighted by atomic mass is 32.2. The lowest BCUT2D eigenvalue weighted by molar-refractivity contribution is -0.141. The number of nitrogens with one attached hydrogen (secondary N) is 3. The highest BCUT2D eigenvalue weighted by Gasteiger charge is 2.62. The molecular weight excluding hydrogens is 692 g/mol. The Kier molecular flexibility index (Phi) is 10.3. The third kappa shape index (κ3) is 8.35. The molecule has 0 radical (unpaired) electrons. The highest BCUT2D eigenvalue weighted by Crippen LogP contribution is 2.46. The molecule has 1 saturated heterocycles. The summed E-state index contributed by atoms with van der Waals surface area (Å²) in [7, 11) is -3.91. The van der Waals surface area contributed by atoms with Crippen LogP contribution in [0.2, 0.25) is 0 Å². The van der Waals surface area contributed by atoms with E-state index in [0.29, 0.717) is 31.2 Å². The molecule has 1 aromatic carbocycles. The molecule has 2 aliphatic carbocycles. The summed E-state index contributed by atoms with van der Waals surface area (Å²) < 4.78 is 39.0. The Morgan fingerprint density at radius 1 is 1.06 bits per heavy atom. The van der Waals surface area contributed by atoms with Gasteiger partial charge in [0.15, 0.2) is 0 Å². The van der Waals surface area contributed by atoms with Crippen LogP contribution in [0.5, 0.6) is 0 Å². The number of benzene rings is 1. The predicted molar refractivity (Wildman–Crippen MR) is 185 cm³/mol. The van der Waals surface area contributed by atoms with E-state index in [2.05, 4.69) is 21.4 Å². The number of sulfonamides is 1. The predicted octanol–water partition coefficient (Wildman–Crippen LogP) is 2.88. The molecule has 280 valence electrons. The highest BCUT2D eigenvalue weighted by molar-refractivity contribution is 7.91. The van der Waals surface area contributed by atoms with Gasteiger partial charge in [0.2, 0.25) is 21.8 Å². The van der Waals surface area contributed by atoms with Crippen LogP contribution in [0, 0.1) is 17.2 Å². The quantitative estimate of drug-likeness (QED) is 0.377. The van der Waals surface area contributed by atoms with Gasteiger partial charge in [-0.05, 0) is 82.6 Å². The molecule has 3 heterocycles. The van der Waals surface area contributed by atoms with E-state index in [0.717, 1.165) is 24.0 Å². The average Bonchev–Trinajstić information content (AvgIpc) is 3.96. The third-order valence-electron chi connectivity index (χ3n) is 10.1. The maximum absolute atomic E-state index is 14.3. The van der Waals surface area contributed by atoms with E-state index in [-0.39, 0.29) is 38.9 Å². The number of carbonyl (C=O) groups excluding carboxylic acids is 5. The van der Waals surface area contributed by atoms with Crippen molar-refractivity contribution in [1.29, 1.82) is 5.26 Å². The van der Waals surface area contributed by atoms with E-state index in [1.165, 1.54) is 9.80 Å². The van der Waals surface area contributed by atoms with Crippen LogP contribution in [0.15, 0.2) is 30.4 Å². The van der Waals surface area contributed by atoms with E-state index in [1.807, 2.05) is 12.2 Å². The van der Waals surface area contributed by atoms with Crippen molar-refractivity contribution < 1.29 is 41.9 Å². The number of carbonyl (C=O) groups is 5. The zero-order valence-electron chi connectivity index (χ0n) is 29.7. The largest absolute Gasteiger partial charge is 0.444 e. The number of ether oxygens (including phenoxy) is 2. The minimum Gasteiger partial charge on any atom is -0.444 e. The molecule has 5 atom stereocenters. The second kappa shape index (κ2) is 14.4. The summed E-state index contributed by atoms with van der Waals surface area (Å²) in [6, 6.07) is 5.01. The molecule has 0 bridgehead atoms. The Bertz CT molecular complexity index is 1810. The topological polar surface area (TPSA) is 204 Å². The molecular formula is C36H46N6O9S. The van der Waals surface area contributed by atoms with Crippen LogP contribution < -0.4 is 15.4 Å². The van der Waals surface area contributed by atoms with Gasteiger partial charge in [-0.2, -0.15) is 5.26 Å². The number of amides is 5. The summed E-state index contributed by atoms with van der Waals surface area (Å²) in [6.07, 6.45) is 5.37. The monoisotopic (exact) mass is 738 g/mol. The average molecular weight is 739 g/mol. The van der Waals surface area contributed by atoms with Crippen molar-refractivity contribution in [3.63, 3.8) is 0 Å². The van der Waals surface area contributed by atoms with Crippen molar-refractivity contribution in [3.8, 4) is 6.07 Å².